The third-order valence-electron chi connectivity index (χ3n) is 2.86. The second-order valence-electron chi connectivity index (χ2n) is 4.87. The van der Waals surface area contributed by atoms with E-state index in [4.69, 9.17) is 0 Å². The average molecular weight is 208 g/mol. The first-order valence-corrected chi connectivity index (χ1v) is 5.30. The van der Waals surface area contributed by atoms with Crippen molar-refractivity contribution in [2.45, 2.75) is 19.4 Å². The fourth-order valence-electron chi connectivity index (χ4n) is 1.64. The minimum atomic E-state index is -0.112. The highest BCUT2D eigenvalue weighted by Gasteiger charge is 2.41. The van der Waals surface area contributed by atoms with Gasteiger partial charge in [-0.25, -0.2) is 0 Å². The summed E-state index contributed by atoms with van der Waals surface area (Å²) in [6.07, 6.45) is 0. The molecule has 0 unspecified atom stereocenters. The first-order chi connectivity index (χ1) is 6.87. The zero-order valence-electron chi connectivity index (χ0n) is 10.3. The second kappa shape index (κ2) is 4.34. The molecule has 0 atom stereocenters. The van der Waals surface area contributed by atoms with Gasteiger partial charge in [-0.15, -0.1) is 0 Å². The van der Waals surface area contributed by atoms with Gasteiger partial charge in [0.1, 0.15) is 5.54 Å². The molecular formula is C12H20N2O. The molecule has 0 aromatic heterocycles. The SMILES string of the molecule is CC(C)C(=O)C#CC1(N(C)C)CN(C)C1. The number of likely N-dealkylation sites (tertiary alicyclic amines) is 1. The van der Waals surface area contributed by atoms with E-state index < -0.39 is 0 Å². The van der Waals surface area contributed by atoms with Crippen LogP contribution in [0.15, 0.2) is 0 Å². The highest BCUT2D eigenvalue weighted by molar-refractivity contribution is 5.97. The van der Waals surface area contributed by atoms with E-state index in [1.165, 1.54) is 0 Å². The van der Waals surface area contributed by atoms with Gasteiger partial charge in [-0.1, -0.05) is 19.8 Å². The van der Waals surface area contributed by atoms with Gasteiger partial charge in [-0.2, -0.15) is 0 Å². The molecule has 0 bridgehead atoms. The third kappa shape index (κ3) is 2.58. The van der Waals surface area contributed by atoms with E-state index in [9.17, 15) is 4.79 Å². The molecule has 1 aliphatic rings. The molecule has 0 aromatic carbocycles. The van der Waals surface area contributed by atoms with Gasteiger partial charge in [0.05, 0.1) is 0 Å². The topological polar surface area (TPSA) is 23.6 Å². The van der Waals surface area contributed by atoms with E-state index in [1.807, 2.05) is 27.9 Å². The number of carbonyl (C=O) groups excluding carboxylic acids is 1. The Morgan fingerprint density at radius 1 is 1.40 bits per heavy atom. The Labute approximate surface area is 92.4 Å². The van der Waals surface area contributed by atoms with Gasteiger partial charge in [-0.05, 0) is 27.1 Å². The molecule has 0 spiro atoms. The zero-order chi connectivity index (χ0) is 11.6. The first-order valence-electron chi connectivity index (χ1n) is 5.30. The summed E-state index contributed by atoms with van der Waals surface area (Å²) in [4.78, 5) is 15.7. The Bertz CT molecular complexity index is 303. The van der Waals surface area contributed by atoms with Gasteiger partial charge in [-0.3, -0.25) is 9.69 Å². The molecule has 1 saturated heterocycles. The van der Waals surface area contributed by atoms with E-state index in [2.05, 4.69) is 28.7 Å². The molecule has 0 aliphatic carbocycles. The molecule has 0 N–H and O–H groups in total. The lowest BCUT2D eigenvalue weighted by atomic mass is 9.89. The van der Waals surface area contributed by atoms with E-state index in [-0.39, 0.29) is 17.2 Å². The van der Waals surface area contributed by atoms with Crippen molar-refractivity contribution in [3.63, 3.8) is 0 Å². The molecule has 1 heterocycles. The molecule has 15 heavy (non-hydrogen) atoms. The van der Waals surface area contributed by atoms with E-state index in [0.717, 1.165) is 13.1 Å². The van der Waals surface area contributed by atoms with Crippen molar-refractivity contribution < 1.29 is 4.79 Å². The van der Waals surface area contributed by atoms with Crippen molar-refractivity contribution in [2.24, 2.45) is 5.92 Å². The monoisotopic (exact) mass is 208 g/mol. The number of rotatable bonds is 2. The lowest BCUT2D eigenvalue weighted by Gasteiger charge is -2.49. The van der Waals surface area contributed by atoms with Gasteiger partial charge in [0.2, 0.25) is 5.78 Å². The Balaban J connectivity index is 2.73. The molecule has 0 saturated carbocycles. The van der Waals surface area contributed by atoms with Crippen LogP contribution in [-0.4, -0.2) is 55.4 Å². The van der Waals surface area contributed by atoms with Crippen LogP contribution >= 0.6 is 0 Å². The Morgan fingerprint density at radius 3 is 2.27 bits per heavy atom. The summed E-state index contributed by atoms with van der Waals surface area (Å²) in [5.74, 6) is 5.94. The molecule has 1 aliphatic heterocycles. The molecule has 3 nitrogen and oxygen atoms in total. The fraction of sp³-hybridized carbons (Fsp3) is 0.750. The van der Waals surface area contributed by atoms with Crippen LogP contribution in [0.1, 0.15) is 13.8 Å². The summed E-state index contributed by atoms with van der Waals surface area (Å²) in [5, 5.41) is 0. The van der Waals surface area contributed by atoms with Gasteiger partial charge >= 0.3 is 0 Å². The molecule has 0 amide bonds. The van der Waals surface area contributed by atoms with Crippen LogP contribution in [0.3, 0.4) is 0 Å². The maximum atomic E-state index is 11.4. The summed E-state index contributed by atoms with van der Waals surface area (Å²) in [6.45, 7) is 5.59. The summed E-state index contributed by atoms with van der Waals surface area (Å²) in [6, 6.07) is 0. The van der Waals surface area contributed by atoms with Crippen LogP contribution in [-0.2, 0) is 4.79 Å². The molecule has 0 radical (unpaired) electrons. The van der Waals surface area contributed by atoms with Crippen LogP contribution in [0.2, 0.25) is 0 Å². The maximum absolute atomic E-state index is 11.4. The number of ketones is 1. The highest BCUT2D eigenvalue weighted by Crippen LogP contribution is 2.23. The molecule has 1 rings (SSSR count). The lowest BCUT2D eigenvalue weighted by molar-refractivity contribution is -0.116. The minimum absolute atomic E-state index is 0.00881. The third-order valence-corrected chi connectivity index (χ3v) is 2.86. The largest absolute Gasteiger partial charge is 0.301 e. The number of likely N-dealkylation sites (N-methyl/N-ethyl adjacent to an activating group) is 2. The fourth-order valence-corrected chi connectivity index (χ4v) is 1.64. The Morgan fingerprint density at radius 2 is 1.93 bits per heavy atom. The average Bonchev–Trinajstić information content (AvgIpc) is 2.08. The molecule has 0 aromatic rings. The number of Topliss-reactive ketones (excluding diaryl/α,β-unsaturated/α-hetero) is 1. The smallest absolute Gasteiger partial charge is 0.208 e. The predicted octanol–water partition coefficient (Wildman–Crippen LogP) is 0.461. The van der Waals surface area contributed by atoms with Crippen LogP contribution in [0.5, 0.6) is 0 Å². The van der Waals surface area contributed by atoms with E-state index in [1.54, 1.807) is 0 Å². The van der Waals surface area contributed by atoms with Crippen molar-refractivity contribution in [3.8, 4) is 11.8 Å². The quantitative estimate of drug-likeness (QED) is 0.486. The van der Waals surface area contributed by atoms with Gasteiger partial charge in [0.15, 0.2) is 0 Å². The summed E-state index contributed by atoms with van der Waals surface area (Å²) >= 11 is 0. The molecule has 3 heteroatoms. The van der Waals surface area contributed by atoms with Gasteiger partial charge in [0, 0.05) is 19.0 Å². The van der Waals surface area contributed by atoms with E-state index >= 15 is 0 Å². The minimum Gasteiger partial charge on any atom is -0.301 e. The number of hydrogen-bond donors (Lipinski definition) is 0. The van der Waals surface area contributed by atoms with Crippen molar-refractivity contribution in [3.05, 3.63) is 0 Å². The summed E-state index contributed by atoms with van der Waals surface area (Å²) < 4.78 is 0. The summed E-state index contributed by atoms with van der Waals surface area (Å²) in [7, 11) is 6.09. The van der Waals surface area contributed by atoms with Crippen molar-refractivity contribution >= 4 is 5.78 Å². The Kier molecular flexibility index (Phi) is 3.54. The molecule has 1 fully saturated rings. The van der Waals surface area contributed by atoms with Crippen LogP contribution in [0.25, 0.3) is 0 Å². The van der Waals surface area contributed by atoms with Crippen molar-refractivity contribution in [1.82, 2.24) is 9.80 Å². The summed E-state index contributed by atoms with van der Waals surface area (Å²) in [5.41, 5.74) is -0.112. The zero-order valence-corrected chi connectivity index (χ0v) is 10.3. The highest BCUT2D eigenvalue weighted by atomic mass is 16.1. The maximum Gasteiger partial charge on any atom is 0.208 e. The van der Waals surface area contributed by atoms with Crippen LogP contribution in [0.4, 0.5) is 0 Å². The van der Waals surface area contributed by atoms with Crippen LogP contribution in [0, 0.1) is 17.8 Å². The number of nitrogens with zero attached hydrogens (tertiary/aromatic N) is 2. The Hall–Kier alpha value is -0.850. The van der Waals surface area contributed by atoms with E-state index in [0.29, 0.717) is 0 Å². The normalized spacial score (nSPS) is 19.7. The van der Waals surface area contributed by atoms with Crippen molar-refractivity contribution in [1.29, 1.82) is 0 Å². The lowest BCUT2D eigenvalue weighted by Crippen LogP contribution is -2.66. The van der Waals surface area contributed by atoms with Crippen molar-refractivity contribution in [2.75, 3.05) is 34.2 Å². The van der Waals surface area contributed by atoms with Gasteiger partial charge in [0.25, 0.3) is 0 Å². The van der Waals surface area contributed by atoms with Gasteiger partial charge < -0.3 is 4.90 Å². The number of hydrogen-bond acceptors (Lipinski definition) is 3. The number of carbonyl (C=O) groups is 1. The predicted molar refractivity (Wildman–Crippen MR) is 61.5 cm³/mol. The second-order valence-corrected chi connectivity index (χ2v) is 4.87. The van der Waals surface area contributed by atoms with Crippen LogP contribution < -0.4 is 0 Å². The molecular weight excluding hydrogens is 188 g/mol. The first kappa shape index (κ1) is 12.2. The molecule has 84 valence electrons. The standard InChI is InChI=1S/C12H20N2O/c1-10(2)11(15)6-7-12(13(3)4)8-14(5)9-12/h10H,8-9H2,1-5H3.